The lowest BCUT2D eigenvalue weighted by Crippen LogP contribution is -2.53. The van der Waals surface area contributed by atoms with Crippen molar-refractivity contribution in [3.05, 3.63) is 84.7 Å². The Morgan fingerprint density at radius 3 is 1.79 bits per heavy atom. The normalized spacial score (nSPS) is 15.8. The molecule has 0 saturated heterocycles. The number of hydrogen-bond acceptors (Lipinski definition) is 1. The van der Waals surface area contributed by atoms with Crippen molar-refractivity contribution < 1.29 is 9.13 Å². The van der Waals surface area contributed by atoms with E-state index in [4.69, 9.17) is 4.74 Å². The summed E-state index contributed by atoms with van der Waals surface area (Å²) in [4.78, 5) is 3.50. The van der Waals surface area contributed by atoms with Gasteiger partial charge in [-0.2, -0.15) is 0 Å². The second-order valence-corrected chi connectivity index (χ2v) is 10.8. The lowest BCUT2D eigenvalue weighted by molar-refractivity contribution is -0.0962. The molecule has 0 amide bonds. The number of hydrogen-bond donors (Lipinski definition) is 0. The molecule has 0 atom stereocenters. The zero-order valence-corrected chi connectivity index (χ0v) is 18.1. The van der Waals surface area contributed by atoms with Crippen molar-refractivity contribution in [1.82, 2.24) is 0 Å². The average molecular weight is 408 g/mol. The van der Waals surface area contributed by atoms with Crippen LogP contribution in [-0.4, -0.2) is 5.60 Å². The third-order valence-corrected chi connectivity index (χ3v) is 8.14. The van der Waals surface area contributed by atoms with E-state index >= 15 is 0 Å². The second-order valence-electron chi connectivity index (χ2n) is 8.72. The van der Waals surface area contributed by atoms with Crippen LogP contribution >= 0.6 is 0 Å². The third kappa shape index (κ3) is 3.93. The highest BCUT2D eigenvalue weighted by atomic mass is 32.2. The SMILES string of the molecule is CC(C)(C)C1(Oc2cc([S+](c3ccccc3)c3ccccc3)ccc2F)CCC1. The summed E-state index contributed by atoms with van der Waals surface area (Å²) in [6.07, 6.45) is 3.09. The van der Waals surface area contributed by atoms with Crippen molar-refractivity contribution in [1.29, 1.82) is 0 Å². The summed E-state index contributed by atoms with van der Waals surface area (Å²) in [5.41, 5.74) is -0.321. The zero-order chi connectivity index (χ0) is 20.5. The average Bonchev–Trinajstić information content (AvgIpc) is 2.67. The molecule has 150 valence electrons. The Balaban J connectivity index is 1.76. The molecule has 0 bridgehead atoms. The van der Waals surface area contributed by atoms with Crippen molar-refractivity contribution in [3.63, 3.8) is 0 Å². The van der Waals surface area contributed by atoms with E-state index in [2.05, 4.69) is 69.3 Å². The second kappa shape index (κ2) is 7.87. The van der Waals surface area contributed by atoms with E-state index in [9.17, 15) is 4.39 Å². The van der Waals surface area contributed by atoms with Gasteiger partial charge in [-0.25, -0.2) is 4.39 Å². The zero-order valence-electron chi connectivity index (χ0n) is 17.3. The summed E-state index contributed by atoms with van der Waals surface area (Å²) >= 11 is 0. The fourth-order valence-electron chi connectivity index (χ4n) is 3.92. The van der Waals surface area contributed by atoms with Crippen molar-refractivity contribution in [3.8, 4) is 5.75 Å². The van der Waals surface area contributed by atoms with E-state index in [-0.39, 0.29) is 27.7 Å². The maximum absolute atomic E-state index is 14.8. The Morgan fingerprint density at radius 2 is 1.34 bits per heavy atom. The molecule has 4 rings (SSSR count). The first-order valence-corrected chi connectivity index (χ1v) is 11.5. The smallest absolute Gasteiger partial charge is 0.170 e. The first-order valence-electron chi connectivity index (χ1n) is 10.2. The van der Waals surface area contributed by atoms with Gasteiger partial charge < -0.3 is 4.74 Å². The lowest BCUT2D eigenvalue weighted by atomic mass is 9.64. The summed E-state index contributed by atoms with van der Waals surface area (Å²) in [7, 11) is -0.313. The van der Waals surface area contributed by atoms with Crippen LogP contribution in [0.15, 0.2) is 93.5 Å². The fourth-order valence-corrected chi connectivity index (χ4v) is 6.03. The largest absolute Gasteiger partial charge is 0.483 e. The Labute approximate surface area is 176 Å². The van der Waals surface area contributed by atoms with Crippen LogP contribution < -0.4 is 4.74 Å². The van der Waals surface area contributed by atoms with Gasteiger partial charge in [-0.1, -0.05) is 57.2 Å². The minimum absolute atomic E-state index is 0.0335. The highest BCUT2D eigenvalue weighted by Gasteiger charge is 2.49. The first kappa shape index (κ1) is 20.0. The van der Waals surface area contributed by atoms with Gasteiger partial charge in [-0.3, -0.25) is 0 Å². The Bertz CT molecular complexity index is 920. The molecular formula is C26H28FOS+. The van der Waals surface area contributed by atoms with Crippen LogP contribution in [0.3, 0.4) is 0 Å². The predicted octanol–water partition coefficient (Wildman–Crippen LogP) is 7.27. The Hall–Kier alpha value is -2.26. The monoisotopic (exact) mass is 407 g/mol. The molecule has 3 aromatic carbocycles. The Morgan fingerprint density at radius 1 is 0.793 bits per heavy atom. The minimum Gasteiger partial charge on any atom is -0.483 e. The van der Waals surface area contributed by atoms with Crippen molar-refractivity contribution >= 4 is 10.9 Å². The molecular weight excluding hydrogens is 379 g/mol. The van der Waals surface area contributed by atoms with Crippen LogP contribution in [0.25, 0.3) is 0 Å². The van der Waals surface area contributed by atoms with Crippen LogP contribution in [0.2, 0.25) is 0 Å². The molecule has 0 radical (unpaired) electrons. The van der Waals surface area contributed by atoms with Gasteiger partial charge in [0.25, 0.3) is 0 Å². The van der Waals surface area contributed by atoms with Crippen molar-refractivity contribution in [2.75, 3.05) is 0 Å². The van der Waals surface area contributed by atoms with E-state index in [1.165, 1.54) is 9.79 Å². The van der Waals surface area contributed by atoms with Crippen LogP contribution in [0.1, 0.15) is 40.0 Å². The molecule has 1 aliphatic rings. The number of rotatable bonds is 5. The molecule has 1 fully saturated rings. The molecule has 0 aliphatic heterocycles. The minimum atomic E-state index is -0.313. The van der Waals surface area contributed by atoms with E-state index in [0.29, 0.717) is 5.75 Å². The number of ether oxygens (including phenoxy) is 1. The van der Waals surface area contributed by atoms with E-state index in [1.54, 1.807) is 6.07 Å². The van der Waals surface area contributed by atoms with Crippen molar-refractivity contribution in [2.24, 2.45) is 5.41 Å². The van der Waals surface area contributed by atoms with Gasteiger partial charge in [0.2, 0.25) is 0 Å². The van der Waals surface area contributed by atoms with Gasteiger partial charge in [0.05, 0.1) is 10.9 Å². The quantitative estimate of drug-likeness (QED) is 0.404. The first-order chi connectivity index (χ1) is 13.9. The highest BCUT2D eigenvalue weighted by molar-refractivity contribution is 7.97. The van der Waals surface area contributed by atoms with E-state index < -0.39 is 0 Å². The van der Waals surface area contributed by atoms with Crippen LogP contribution in [-0.2, 0) is 10.9 Å². The van der Waals surface area contributed by atoms with Gasteiger partial charge in [0, 0.05) is 11.5 Å². The Kier molecular flexibility index (Phi) is 5.44. The van der Waals surface area contributed by atoms with E-state index in [1.807, 2.05) is 24.3 Å². The van der Waals surface area contributed by atoms with Gasteiger partial charge in [0.1, 0.15) is 5.60 Å². The molecule has 1 saturated carbocycles. The van der Waals surface area contributed by atoms with Crippen molar-refractivity contribution in [2.45, 2.75) is 60.3 Å². The molecule has 29 heavy (non-hydrogen) atoms. The van der Waals surface area contributed by atoms with Gasteiger partial charge >= 0.3 is 0 Å². The fraction of sp³-hybridized carbons (Fsp3) is 0.308. The molecule has 3 aromatic rings. The summed E-state index contributed by atoms with van der Waals surface area (Å²) < 4.78 is 21.2. The topological polar surface area (TPSA) is 9.23 Å². The molecule has 0 unspecified atom stereocenters. The van der Waals surface area contributed by atoms with Gasteiger partial charge in [-0.05, 0) is 55.7 Å². The number of halogens is 1. The molecule has 3 heteroatoms. The molecule has 1 nitrogen and oxygen atoms in total. The maximum Gasteiger partial charge on any atom is 0.170 e. The third-order valence-electron chi connectivity index (χ3n) is 5.93. The summed E-state index contributed by atoms with van der Waals surface area (Å²) in [5.74, 6) is 0.0930. The number of benzene rings is 3. The molecule has 0 aromatic heterocycles. The van der Waals surface area contributed by atoms with Gasteiger partial charge in [-0.15, -0.1) is 0 Å². The molecule has 1 aliphatic carbocycles. The maximum atomic E-state index is 14.8. The summed E-state index contributed by atoms with van der Waals surface area (Å²) in [6, 6.07) is 26.2. The molecule has 0 heterocycles. The van der Waals surface area contributed by atoms with Gasteiger partial charge in [0.15, 0.2) is 26.3 Å². The standard InChI is InChI=1S/C26H28FOS/c1-25(2,3)26(17-10-18-26)28-24-19-22(15-16-23(24)27)29(20-11-6-4-7-12-20)21-13-8-5-9-14-21/h4-9,11-16,19H,10,17-18H2,1-3H3/q+1. The van der Waals surface area contributed by atoms with E-state index in [0.717, 1.165) is 24.2 Å². The van der Waals surface area contributed by atoms with Crippen LogP contribution in [0, 0.1) is 11.2 Å². The lowest BCUT2D eigenvalue weighted by Gasteiger charge is -2.51. The molecule has 0 spiro atoms. The predicted molar refractivity (Wildman–Crippen MR) is 118 cm³/mol. The highest BCUT2D eigenvalue weighted by Crippen LogP contribution is 2.49. The summed E-state index contributed by atoms with van der Waals surface area (Å²) in [6.45, 7) is 6.56. The molecule has 0 N–H and O–H groups in total. The van der Waals surface area contributed by atoms with Crippen LogP contribution in [0.4, 0.5) is 4.39 Å². The summed E-state index contributed by atoms with van der Waals surface area (Å²) in [5, 5.41) is 0. The van der Waals surface area contributed by atoms with Crippen LogP contribution in [0.5, 0.6) is 5.75 Å².